The van der Waals surface area contributed by atoms with Crippen molar-refractivity contribution in [2.45, 2.75) is 24.3 Å². The molecule has 2 amide bonds. The van der Waals surface area contributed by atoms with Gasteiger partial charge in [0.2, 0.25) is 20.9 Å². The lowest BCUT2D eigenvalue weighted by molar-refractivity contribution is -0.116. The second-order valence-electron chi connectivity index (χ2n) is 7.07. The Morgan fingerprint density at radius 1 is 1.00 bits per heavy atom. The van der Waals surface area contributed by atoms with Crippen molar-refractivity contribution >= 4 is 50.5 Å². The van der Waals surface area contributed by atoms with Crippen LogP contribution in [0.15, 0.2) is 59.9 Å². The van der Waals surface area contributed by atoms with Gasteiger partial charge in [-0.25, -0.2) is 18.4 Å². The van der Waals surface area contributed by atoms with Crippen LogP contribution in [0, 0.1) is 6.92 Å². The second-order valence-corrected chi connectivity index (χ2v) is 9.77. The van der Waals surface area contributed by atoms with Gasteiger partial charge in [0.15, 0.2) is 5.69 Å². The van der Waals surface area contributed by atoms with Gasteiger partial charge >= 0.3 is 0 Å². The topological polar surface area (TPSA) is 118 Å². The minimum absolute atomic E-state index is 0.000435. The average Bonchev–Trinajstić information content (AvgIpc) is 2.77. The summed E-state index contributed by atoms with van der Waals surface area (Å²) in [4.78, 5) is 32.3. The minimum atomic E-state index is -3.99. The third-order valence-electron chi connectivity index (χ3n) is 4.58. The Balaban J connectivity index is 1.65. The van der Waals surface area contributed by atoms with Crippen molar-refractivity contribution in [2.24, 2.45) is 0 Å². The molecule has 33 heavy (non-hydrogen) atoms. The molecule has 0 fully saturated rings. The van der Waals surface area contributed by atoms with Crippen molar-refractivity contribution in [1.82, 2.24) is 15.3 Å². The first-order chi connectivity index (χ1) is 15.7. The fraction of sp³-hybridized carbons (Fsp3) is 0.182. The van der Waals surface area contributed by atoms with Crippen molar-refractivity contribution in [3.63, 3.8) is 0 Å². The zero-order valence-electron chi connectivity index (χ0n) is 17.5. The van der Waals surface area contributed by atoms with Gasteiger partial charge in [-0.3, -0.25) is 9.59 Å². The molecule has 1 heterocycles. The van der Waals surface area contributed by atoms with E-state index in [9.17, 15) is 18.0 Å². The minimum Gasteiger partial charge on any atom is -0.350 e. The highest BCUT2D eigenvalue weighted by atomic mass is 35.5. The zero-order valence-corrected chi connectivity index (χ0v) is 19.8. The van der Waals surface area contributed by atoms with Crippen LogP contribution in [0.25, 0.3) is 0 Å². The first-order valence-corrected chi connectivity index (χ1v) is 12.2. The van der Waals surface area contributed by atoms with Crippen LogP contribution < -0.4 is 10.6 Å². The molecule has 2 N–H and O–H groups in total. The van der Waals surface area contributed by atoms with Crippen molar-refractivity contribution in [1.29, 1.82) is 0 Å². The number of carbonyl (C=O) groups is 2. The van der Waals surface area contributed by atoms with E-state index in [1.165, 1.54) is 0 Å². The van der Waals surface area contributed by atoms with Crippen LogP contribution in [0.5, 0.6) is 0 Å². The van der Waals surface area contributed by atoms with E-state index >= 15 is 0 Å². The van der Waals surface area contributed by atoms with E-state index in [2.05, 4.69) is 20.6 Å². The van der Waals surface area contributed by atoms with Crippen LogP contribution in [0.4, 0.5) is 5.69 Å². The lowest BCUT2D eigenvalue weighted by Gasteiger charge is -2.10. The van der Waals surface area contributed by atoms with Crippen LogP contribution in [-0.2, 0) is 20.4 Å². The molecule has 0 atom stereocenters. The lowest BCUT2D eigenvalue weighted by atomic mass is 10.2. The maximum Gasteiger partial charge on any atom is 0.271 e. The van der Waals surface area contributed by atoms with Crippen LogP contribution >= 0.6 is 23.2 Å². The van der Waals surface area contributed by atoms with Crippen molar-refractivity contribution in [3.8, 4) is 0 Å². The molecule has 8 nitrogen and oxygen atoms in total. The number of nitrogens with one attached hydrogen (secondary N) is 2. The summed E-state index contributed by atoms with van der Waals surface area (Å²) in [5, 5.41) is 4.90. The normalized spacial score (nSPS) is 11.1. The molecule has 3 rings (SSSR count). The summed E-state index contributed by atoms with van der Waals surface area (Å²) >= 11 is 12.1. The highest BCUT2D eigenvalue weighted by Crippen LogP contribution is 2.22. The Bertz CT molecular complexity index is 1300. The third-order valence-corrected chi connectivity index (χ3v) is 6.66. The first-order valence-electron chi connectivity index (χ1n) is 9.80. The van der Waals surface area contributed by atoms with Crippen molar-refractivity contribution in [3.05, 3.63) is 81.6 Å². The number of benzene rings is 2. The summed E-state index contributed by atoms with van der Waals surface area (Å²) in [6.07, 6.45) is 1.05. The summed E-state index contributed by atoms with van der Waals surface area (Å²) in [6.45, 7) is 1.87. The molecule has 0 saturated heterocycles. The molecule has 0 aliphatic heterocycles. The monoisotopic (exact) mass is 506 g/mol. The van der Waals surface area contributed by atoms with E-state index in [-0.39, 0.29) is 34.6 Å². The third kappa shape index (κ3) is 6.50. The number of hydrogen-bond acceptors (Lipinski definition) is 6. The molecule has 0 unspecified atom stereocenters. The lowest BCUT2D eigenvalue weighted by Crippen LogP contribution is -2.29. The Morgan fingerprint density at radius 2 is 1.70 bits per heavy atom. The Morgan fingerprint density at radius 3 is 2.42 bits per heavy atom. The highest BCUT2D eigenvalue weighted by molar-refractivity contribution is 7.90. The highest BCUT2D eigenvalue weighted by Gasteiger charge is 2.24. The molecular formula is C22H20Cl2N4O4S. The molecule has 3 aromatic rings. The van der Waals surface area contributed by atoms with Crippen molar-refractivity contribution in [2.75, 3.05) is 11.9 Å². The van der Waals surface area contributed by atoms with Crippen LogP contribution in [0.2, 0.25) is 10.0 Å². The Kier molecular flexibility index (Phi) is 8.01. The van der Waals surface area contributed by atoms with Gasteiger partial charge in [-0.2, -0.15) is 0 Å². The van der Waals surface area contributed by atoms with Gasteiger partial charge in [-0.05, 0) is 30.2 Å². The van der Waals surface area contributed by atoms with Crippen LogP contribution in [0.1, 0.15) is 28.0 Å². The molecular weight excluding hydrogens is 487 g/mol. The number of anilines is 1. The van der Waals surface area contributed by atoms with Gasteiger partial charge in [0.25, 0.3) is 5.91 Å². The number of amides is 2. The van der Waals surface area contributed by atoms with Gasteiger partial charge in [0.05, 0.1) is 17.0 Å². The SMILES string of the molecule is Cc1ccccc1NC(=O)CCNC(=O)c1nc(S(=O)(=O)Cc2ccccc2Cl)ncc1Cl. The first kappa shape index (κ1) is 24.6. The predicted octanol–water partition coefficient (Wildman–Crippen LogP) is 3.82. The van der Waals surface area contributed by atoms with E-state index in [4.69, 9.17) is 23.2 Å². The fourth-order valence-corrected chi connectivity index (χ4v) is 4.54. The quantitative estimate of drug-likeness (QED) is 0.448. The molecule has 0 aliphatic carbocycles. The van der Waals surface area contributed by atoms with E-state index in [1.807, 2.05) is 19.1 Å². The number of nitrogens with zero attached hydrogens (tertiary/aromatic N) is 2. The van der Waals surface area contributed by atoms with E-state index < -0.39 is 26.7 Å². The summed E-state index contributed by atoms with van der Waals surface area (Å²) in [6, 6.07) is 13.8. The number of sulfone groups is 1. The van der Waals surface area contributed by atoms with Crippen LogP contribution in [-0.4, -0.2) is 36.7 Å². The predicted molar refractivity (Wildman–Crippen MR) is 126 cm³/mol. The maximum absolute atomic E-state index is 12.7. The molecule has 0 aliphatic rings. The standard InChI is InChI=1S/C22H20Cl2N4O4S/c1-14-6-2-5-9-18(14)27-19(29)10-11-25-21(30)20-17(24)12-26-22(28-20)33(31,32)13-15-7-3-4-8-16(15)23/h2-9,12H,10-11,13H2,1H3,(H,25,30)(H,27,29). The number of aryl methyl sites for hydroxylation is 1. The molecule has 0 saturated carbocycles. The van der Waals surface area contributed by atoms with Gasteiger partial charge < -0.3 is 10.6 Å². The molecule has 0 spiro atoms. The molecule has 0 radical (unpaired) electrons. The zero-order chi connectivity index (χ0) is 24.0. The Labute approximate surface area is 201 Å². The molecule has 0 bridgehead atoms. The number of rotatable bonds is 8. The molecule has 11 heteroatoms. The summed E-state index contributed by atoms with van der Waals surface area (Å²) in [5.41, 5.74) is 1.67. The average molecular weight is 507 g/mol. The second kappa shape index (κ2) is 10.7. The van der Waals surface area contributed by atoms with Gasteiger partial charge in [-0.1, -0.05) is 59.6 Å². The number of aromatic nitrogens is 2. The number of para-hydroxylation sites is 1. The summed E-state index contributed by atoms with van der Waals surface area (Å²) < 4.78 is 25.5. The Hall–Kier alpha value is -3.01. The summed E-state index contributed by atoms with van der Waals surface area (Å²) in [5.74, 6) is -1.45. The van der Waals surface area contributed by atoms with Gasteiger partial charge in [0.1, 0.15) is 0 Å². The van der Waals surface area contributed by atoms with Crippen LogP contribution in [0.3, 0.4) is 0 Å². The van der Waals surface area contributed by atoms with Gasteiger partial charge in [-0.15, -0.1) is 0 Å². The van der Waals surface area contributed by atoms with E-state index in [1.54, 1.807) is 36.4 Å². The van der Waals surface area contributed by atoms with E-state index in [0.29, 0.717) is 11.3 Å². The smallest absolute Gasteiger partial charge is 0.271 e. The molecule has 172 valence electrons. The molecule has 2 aromatic carbocycles. The summed E-state index contributed by atoms with van der Waals surface area (Å²) in [7, 11) is -3.99. The van der Waals surface area contributed by atoms with Crippen molar-refractivity contribution < 1.29 is 18.0 Å². The molecule has 1 aromatic heterocycles. The maximum atomic E-state index is 12.7. The number of halogens is 2. The van der Waals surface area contributed by atoms with Gasteiger partial charge in [0, 0.05) is 23.7 Å². The fourth-order valence-electron chi connectivity index (χ4n) is 2.84. The van der Waals surface area contributed by atoms with E-state index in [0.717, 1.165) is 11.8 Å². The largest absolute Gasteiger partial charge is 0.350 e. The number of hydrogen-bond donors (Lipinski definition) is 2. The number of carbonyl (C=O) groups excluding carboxylic acids is 2.